The lowest BCUT2D eigenvalue weighted by Crippen LogP contribution is -2.52. The van der Waals surface area contributed by atoms with Gasteiger partial charge in [0.1, 0.15) is 16.8 Å². The third kappa shape index (κ3) is 27.0. The Bertz CT molecular complexity index is 5540. The molecule has 0 bridgehead atoms. The molecule has 1 unspecified atom stereocenters. The van der Waals surface area contributed by atoms with E-state index in [-0.39, 0.29) is 40.0 Å². The first-order valence-electron chi connectivity index (χ1n) is 45.2. The molecule has 1 atom stereocenters. The van der Waals surface area contributed by atoms with Crippen molar-refractivity contribution in [3.63, 3.8) is 0 Å². The van der Waals surface area contributed by atoms with Crippen LogP contribution in [0.2, 0.25) is 0 Å². The van der Waals surface area contributed by atoms with Crippen molar-refractivity contribution in [2.45, 2.75) is 167 Å². The van der Waals surface area contributed by atoms with E-state index < -0.39 is 46.3 Å². The summed E-state index contributed by atoms with van der Waals surface area (Å²) in [5.41, 5.74) is 8.16. The second kappa shape index (κ2) is 49.3. The first-order chi connectivity index (χ1) is 63.2. The highest BCUT2D eigenvalue weighted by Gasteiger charge is 2.46. The van der Waals surface area contributed by atoms with Gasteiger partial charge in [-0.2, -0.15) is 0 Å². The topological polar surface area (TPSA) is 248 Å². The number of morpholine rings is 1. The van der Waals surface area contributed by atoms with Crippen LogP contribution in [0.25, 0.3) is 0 Å². The van der Waals surface area contributed by atoms with E-state index >= 15 is 0 Å². The molecule has 12 aromatic rings. The predicted molar refractivity (Wildman–Crippen MR) is 528 cm³/mol. The number of ketones is 6. The quantitative estimate of drug-likeness (QED) is 0.0273. The Kier molecular flexibility index (Phi) is 38.6. The Morgan fingerprint density at radius 3 is 1.05 bits per heavy atom. The molecule has 17 nitrogen and oxygen atoms in total. The predicted octanol–water partition coefficient (Wildman–Crippen LogP) is 22.6. The number of hydrogen-bond acceptors (Lipinski definition) is 17. The van der Waals surface area contributed by atoms with Crippen LogP contribution < -0.4 is 10.2 Å². The van der Waals surface area contributed by atoms with E-state index in [4.69, 9.17) is 14.2 Å². The molecule has 688 valence electrons. The minimum absolute atomic E-state index is 0.0752. The van der Waals surface area contributed by atoms with Crippen LogP contribution in [-0.4, -0.2) is 143 Å². The monoisotopic (exact) mass is 1790 g/mol. The number of nitrogens with zero attached hydrogens (tertiary/aromatic N) is 2. The zero-order valence-electron chi connectivity index (χ0n) is 78.5. The number of anilines is 1. The summed E-state index contributed by atoms with van der Waals surface area (Å²) in [5, 5.41) is 30.2. The summed E-state index contributed by atoms with van der Waals surface area (Å²) in [7, 11) is 2.84. The van der Waals surface area contributed by atoms with Crippen molar-refractivity contribution in [1.29, 1.82) is 0 Å². The van der Waals surface area contributed by atoms with E-state index in [9.17, 15) is 58.2 Å². The van der Waals surface area contributed by atoms with Crippen LogP contribution in [0.1, 0.15) is 224 Å². The molecule has 1 saturated heterocycles. The summed E-state index contributed by atoms with van der Waals surface area (Å²) in [5.74, 6) is -1.82. The van der Waals surface area contributed by atoms with E-state index in [0.717, 1.165) is 127 Å². The standard InChI is InChI=1S/C26H27O3P.C23H30N2O2.C16H16O3.2C13H16O2.C13H10O.C10H12O2/c1-16-12-18(3)23(19(4)13-16)25(27)30(29,22-10-8-7-9-11-22)26(28)24-20(5)14-17(2)15-21(24)6;1-4-23(24(2)3,18-19-8-6-5-7-9-19)22(26)20-10-12-21(13-11-20)25-14-16-27-17-15-25;1-18-16(19-2,14-11-7-4-8-12-14)15(17)13-9-5-3-6-10-13;2*14-12(11-7-3-1-4-8-11)13(15)9-5-2-6-10-13;14-13(11-7-3-1-4-8-11)12-9-5-2-6-10-12;1-10(2,12)9(11)8-6-4-3-5-7-8/h7-15H,1-6H3;5-13H,4,14-18H2,1-3H3;3-12H,1-2H3;2*1,3-4,7-8,15H,2,5-6,9-10H2;1-10H;3-7,12H,1-2H3. The van der Waals surface area contributed by atoms with Gasteiger partial charge in [-0.05, 0) is 160 Å². The first-order valence-corrected chi connectivity index (χ1v) is 46.9. The van der Waals surface area contributed by atoms with Gasteiger partial charge >= 0.3 is 0 Å². The number of hydrogen-bond donors (Lipinski definition) is 3. The average molecular weight is 1800 g/mol. The van der Waals surface area contributed by atoms with E-state index in [2.05, 4.69) is 41.0 Å². The summed E-state index contributed by atoms with van der Waals surface area (Å²) in [6.07, 6.45) is 9.99. The fourth-order valence-corrected chi connectivity index (χ4v) is 19.6. The molecule has 1 aliphatic heterocycles. The molecule has 0 radical (unpaired) electrons. The van der Waals surface area contributed by atoms with Crippen LogP contribution >= 0.6 is 7.14 Å². The molecule has 0 spiro atoms. The van der Waals surface area contributed by atoms with Crippen molar-refractivity contribution in [3.05, 3.63) is 416 Å². The maximum Gasteiger partial charge on any atom is 0.260 e. The summed E-state index contributed by atoms with van der Waals surface area (Å²) in [6.45, 7) is 19.6. The van der Waals surface area contributed by atoms with Gasteiger partial charge in [-0.3, -0.25) is 43.3 Å². The Balaban J connectivity index is 0.000000177. The zero-order valence-corrected chi connectivity index (χ0v) is 79.4. The minimum atomic E-state index is -4.11. The fourth-order valence-electron chi connectivity index (χ4n) is 17.0. The summed E-state index contributed by atoms with van der Waals surface area (Å²) >= 11 is 0. The molecule has 3 fully saturated rings. The number of benzene rings is 12. The molecular weight excluding hydrogens is 1670 g/mol. The normalized spacial score (nSPS) is 14.2. The lowest BCUT2D eigenvalue weighted by Gasteiger charge is -2.38. The van der Waals surface area contributed by atoms with Gasteiger partial charge in [0.15, 0.2) is 28.9 Å². The highest BCUT2D eigenvalue weighted by atomic mass is 31.2. The number of aliphatic hydroxyl groups is 3. The number of rotatable bonds is 25. The van der Waals surface area contributed by atoms with Crippen LogP contribution in [0.3, 0.4) is 0 Å². The minimum Gasteiger partial charge on any atom is -0.382 e. The van der Waals surface area contributed by atoms with Crippen LogP contribution in [0.4, 0.5) is 5.69 Å². The van der Waals surface area contributed by atoms with Gasteiger partial charge in [0.25, 0.3) is 5.79 Å². The third-order valence-electron chi connectivity index (χ3n) is 24.2. The fraction of sp³-hybridized carbons (Fsp3) is 0.298. The molecule has 3 N–H and O–H groups in total. The van der Waals surface area contributed by atoms with Crippen molar-refractivity contribution in [1.82, 2.24) is 4.90 Å². The van der Waals surface area contributed by atoms with Crippen molar-refractivity contribution < 1.29 is 72.5 Å². The van der Waals surface area contributed by atoms with Crippen molar-refractivity contribution >= 4 is 63.9 Å². The SMILES string of the molecule is CC(C)(O)C(=O)c1ccccc1.CCC(Cc1ccccc1)(C(=O)c1ccc(N2CCOCC2)cc1)N(C)C.COC(OC)(C(=O)c1ccccc1)c1ccccc1.Cc1cc(C)c(C(=O)P(=O)(C(=O)c2c(C)cc(C)cc2C)c2ccccc2)c(C)c1.O=C(c1ccccc1)C1(O)CCCCC1.O=C(c1ccccc1)C1(O)CCCCC1.O=C(c1ccccc1)c1ccccc1. The van der Waals surface area contributed by atoms with Gasteiger partial charge in [0.05, 0.1) is 18.8 Å². The average Bonchev–Trinajstić information content (AvgIpc) is 0.747. The zero-order chi connectivity index (χ0) is 95.7. The van der Waals surface area contributed by atoms with E-state index in [1.807, 2.05) is 262 Å². The molecule has 3 aliphatic rings. The summed E-state index contributed by atoms with van der Waals surface area (Å²) in [6, 6.07) is 98.1. The number of Topliss-reactive ketones (excluding diaryl/α,β-unsaturated/α-hetero) is 5. The molecule has 2 aliphatic carbocycles. The molecule has 132 heavy (non-hydrogen) atoms. The molecule has 1 heterocycles. The lowest BCUT2D eigenvalue weighted by molar-refractivity contribution is -0.176. The summed E-state index contributed by atoms with van der Waals surface area (Å²) in [4.78, 5) is 106. The van der Waals surface area contributed by atoms with Gasteiger partial charge < -0.3 is 39.0 Å². The van der Waals surface area contributed by atoms with Crippen molar-refractivity contribution in [2.75, 3.05) is 59.5 Å². The van der Waals surface area contributed by atoms with Gasteiger partial charge in [0.2, 0.25) is 24.0 Å². The van der Waals surface area contributed by atoms with E-state index in [1.54, 1.807) is 91.0 Å². The Hall–Kier alpha value is -12.3. The van der Waals surface area contributed by atoms with Crippen LogP contribution in [0.5, 0.6) is 0 Å². The largest absolute Gasteiger partial charge is 0.382 e. The van der Waals surface area contributed by atoms with Gasteiger partial charge in [0, 0.05) is 93.9 Å². The molecule has 12 aromatic carbocycles. The van der Waals surface area contributed by atoms with E-state index in [1.165, 1.54) is 33.6 Å². The van der Waals surface area contributed by atoms with Gasteiger partial charge in [-0.15, -0.1) is 0 Å². The lowest BCUT2D eigenvalue weighted by atomic mass is 9.79. The van der Waals surface area contributed by atoms with E-state index in [0.29, 0.717) is 71.0 Å². The smallest absolute Gasteiger partial charge is 0.260 e. The summed E-state index contributed by atoms with van der Waals surface area (Å²) < 4.78 is 30.8. The Morgan fingerprint density at radius 2 is 0.720 bits per heavy atom. The number of likely N-dealkylation sites (N-methyl/N-ethyl adjacent to an activating group) is 1. The highest BCUT2D eigenvalue weighted by Crippen LogP contribution is 2.53. The number of carbonyl (C=O) groups is 8. The number of ether oxygens (including phenoxy) is 3. The van der Waals surface area contributed by atoms with Crippen LogP contribution in [-0.2, 0) is 31.0 Å². The number of carbonyl (C=O) groups excluding carboxylic acids is 8. The second-order valence-corrected chi connectivity index (χ2v) is 37.0. The van der Waals surface area contributed by atoms with Gasteiger partial charge in [-0.25, -0.2) is 0 Å². The molecule has 0 aromatic heterocycles. The molecule has 0 amide bonds. The van der Waals surface area contributed by atoms with Crippen LogP contribution in [0, 0.1) is 41.5 Å². The third-order valence-corrected chi connectivity index (χ3v) is 26.8. The van der Waals surface area contributed by atoms with Crippen molar-refractivity contribution in [3.8, 4) is 0 Å². The van der Waals surface area contributed by atoms with Crippen molar-refractivity contribution in [2.24, 2.45) is 0 Å². The molecule has 18 heteroatoms. The number of aryl methyl sites for hydroxylation is 6. The molecular formula is C114H127N2O15P. The molecule has 2 saturated carbocycles. The molecule has 15 rings (SSSR count). The highest BCUT2D eigenvalue weighted by molar-refractivity contribution is 8.01. The van der Waals surface area contributed by atoms with Crippen LogP contribution in [0.15, 0.2) is 322 Å². The van der Waals surface area contributed by atoms with Gasteiger partial charge in [-0.1, -0.05) is 354 Å². The second-order valence-electron chi connectivity index (χ2n) is 34.5. The number of methoxy groups -OCH3 is 2. The Labute approximate surface area is 779 Å². The Morgan fingerprint density at radius 1 is 0.409 bits per heavy atom. The first kappa shape index (κ1) is 103. The maximum atomic E-state index is 14.5. The maximum absolute atomic E-state index is 14.5.